The zero-order chi connectivity index (χ0) is 39.8. The molecule has 5 rings (SSSR count). The van der Waals surface area contributed by atoms with Crippen LogP contribution in [0.4, 0.5) is 10.5 Å². The van der Waals surface area contributed by atoms with Crippen LogP contribution in [0.1, 0.15) is 70.3 Å². The number of anilines is 1. The van der Waals surface area contributed by atoms with Gasteiger partial charge >= 0.3 is 6.09 Å². The van der Waals surface area contributed by atoms with Crippen LogP contribution in [-0.4, -0.2) is 93.0 Å². The van der Waals surface area contributed by atoms with E-state index in [0.717, 1.165) is 30.4 Å². The molecule has 0 bridgehead atoms. The Balaban J connectivity index is 1.74. The fraction of sp³-hybridized carbons (Fsp3) is 0.525. The van der Waals surface area contributed by atoms with E-state index in [1.807, 2.05) is 6.07 Å². The number of fused-ring (bicyclic) bond motifs is 2. The Hall–Kier alpha value is -4.28. The van der Waals surface area contributed by atoms with Crippen molar-refractivity contribution in [1.29, 1.82) is 0 Å². The van der Waals surface area contributed by atoms with Gasteiger partial charge in [-0.25, -0.2) is 13.2 Å². The summed E-state index contributed by atoms with van der Waals surface area (Å²) in [5, 5.41) is 29.4. The average Bonchev–Trinajstić information content (AvgIpc) is 3.15. The SMILES string of the molecule is C=CCOC12Oc3ccc(OC(=O)NCC)cc3C3C(CCCCO)C(CCCCO)C=C(C(=NOC)CC1N(C)S(=O)(=O)c1ccc(NC(C)=O)cc1)C32. The first-order chi connectivity index (χ1) is 26.4. The second-order valence-electron chi connectivity index (χ2n) is 14.1. The van der Waals surface area contributed by atoms with Gasteiger partial charge in [-0.2, -0.15) is 4.31 Å². The van der Waals surface area contributed by atoms with E-state index in [2.05, 4.69) is 28.4 Å². The smallest absolute Gasteiger partial charge is 0.412 e. The molecule has 6 unspecified atom stereocenters. The summed E-state index contributed by atoms with van der Waals surface area (Å²) in [6, 6.07) is 10.2. The summed E-state index contributed by atoms with van der Waals surface area (Å²) in [6.07, 6.45) is 7.45. The molecule has 2 amide bonds. The van der Waals surface area contributed by atoms with Gasteiger partial charge in [-0.3, -0.25) is 4.79 Å². The van der Waals surface area contributed by atoms with E-state index in [4.69, 9.17) is 19.0 Å². The van der Waals surface area contributed by atoms with Crippen molar-refractivity contribution in [2.75, 3.05) is 45.8 Å². The molecule has 0 aromatic heterocycles. The number of unbranched alkanes of at least 4 members (excludes halogenated alkanes) is 2. The van der Waals surface area contributed by atoms with Gasteiger partial charge in [-0.15, -0.1) is 6.58 Å². The maximum Gasteiger partial charge on any atom is 0.412 e. The zero-order valence-corrected chi connectivity index (χ0v) is 32.8. The molecule has 1 saturated carbocycles. The molecule has 0 saturated heterocycles. The van der Waals surface area contributed by atoms with Crippen LogP contribution in [0.2, 0.25) is 0 Å². The molecule has 3 aliphatic rings. The molecular formula is C40H54N4O10S. The van der Waals surface area contributed by atoms with Crippen molar-refractivity contribution in [2.24, 2.45) is 22.9 Å². The average molecular weight is 783 g/mol. The molecule has 0 radical (unpaired) electrons. The van der Waals surface area contributed by atoms with Crippen LogP contribution in [0.5, 0.6) is 11.5 Å². The van der Waals surface area contributed by atoms with E-state index >= 15 is 0 Å². The summed E-state index contributed by atoms with van der Waals surface area (Å²) < 4.78 is 50.0. The number of likely N-dealkylation sites (N-methyl/N-ethyl adjacent to an activating group) is 1. The van der Waals surface area contributed by atoms with E-state index in [0.29, 0.717) is 48.7 Å². The molecule has 15 heteroatoms. The fourth-order valence-electron chi connectivity index (χ4n) is 8.41. The van der Waals surface area contributed by atoms with E-state index in [1.165, 1.54) is 49.7 Å². The number of benzene rings is 2. The largest absolute Gasteiger partial charge is 0.460 e. The summed E-state index contributed by atoms with van der Waals surface area (Å²) in [4.78, 5) is 29.7. The molecule has 1 aliphatic heterocycles. The highest BCUT2D eigenvalue weighted by molar-refractivity contribution is 7.89. The van der Waals surface area contributed by atoms with Gasteiger partial charge in [0, 0.05) is 57.3 Å². The number of oxime groups is 1. The van der Waals surface area contributed by atoms with Crippen LogP contribution in [0.3, 0.4) is 0 Å². The molecule has 6 atom stereocenters. The minimum absolute atomic E-state index is 0.000272. The Labute approximate surface area is 323 Å². The topological polar surface area (TPSA) is 185 Å². The second-order valence-corrected chi connectivity index (χ2v) is 16.1. The lowest BCUT2D eigenvalue weighted by Gasteiger charge is -2.59. The summed E-state index contributed by atoms with van der Waals surface area (Å²) in [7, 11) is -1.27. The van der Waals surface area contributed by atoms with Gasteiger partial charge in [0.2, 0.25) is 21.7 Å². The van der Waals surface area contributed by atoms with Gasteiger partial charge < -0.3 is 39.9 Å². The van der Waals surface area contributed by atoms with E-state index in [9.17, 15) is 28.2 Å². The molecule has 2 aromatic rings. The number of rotatable bonds is 18. The predicted octanol–water partition coefficient (Wildman–Crippen LogP) is 5.34. The number of allylic oxidation sites excluding steroid dienone is 1. The molecular weight excluding hydrogens is 729 g/mol. The quantitative estimate of drug-likeness (QED) is 0.0875. The lowest BCUT2D eigenvalue weighted by Crippen LogP contribution is -2.69. The molecule has 1 fully saturated rings. The first kappa shape index (κ1) is 41.9. The van der Waals surface area contributed by atoms with Gasteiger partial charge in [0.05, 0.1) is 29.2 Å². The van der Waals surface area contributed by atoms with Gasteiger partial charge in [-0.05, 0) is 92.5 Å². The van der Waals surface area contributed by atoms with Gasteiger partial charge in [0.25, 0.3) is 0 Å². The Kier molecular flexibility index (Phi) is 14.1. The fourth-order valence-corrected chi connectivity index (χ4v) is 9.78. The molecule has 0 spiro atoms. The van der Waals surface area contributed by atoms with Crippen molar-refractivity contribution in [1.82, 2.24) is 9.62 Å². The lowest BCUT2D eigenvalue weighted by atomic mass is 9.55. The number of nitrogens with one attached hydrogen (secondary N) is 2. The number of hydrogen-bond donors (Lipinski definition) is 4. The Morgan fingerprint density at radius 3 is 2.44 bits per heavy atom. The first-order valence-corrected chi connectivity index (χ1v) is 20.3. The molecule has 2 aromatic carbocycles. The first-order valence-electron chi connectivity index (χ1n) is 18.9. The highest BCUT2D eigenvalue weighted by Crippen LogP contribution is 2.62. The van der Waals surface area contributed by atoms with Crippen LogP contribution in [0.15, 0.2) is 76.8 Å². The van der Waals surface area contributed by atoms with Crippen molar-refractivity contribution in [3.05, 3.63) is 72.3 Å². The number of carbonyl (C=O) groups excluding carboxylic acids is 2. The number of aliphatic hydroxyl groups excluding tert-OH is 2. The summed E-state index contributed by atoms with van der Waals surface area (Å²) >= 11 is 0. The van der Waals surface area contributed by atoms with Crippen LogP contribution in [-0.2, 0) is 24.4 Å². The summed E-state index contributed by atoms with van der Waals surface area (Å²) in [5.41, 5.74) is 2.58. The number of aliphatic hydroxyl groups is 2. The van der Waals surface area contributed by atoms with Crippen molar-refractivity contribution in [3.63, 3.8) is 0 Å². The van der Waals surface area contributed by atoms with Crippen molar-refractivity contribution >= 4 is 33.4 Å². The number of hydrogen-bond acceptors (Lipinski definition) is 11. The second kappa shape index (κ2) is 18.6. The van der Waals surface area contributed by atoms with Crippen LogP contribution in [0, 0.1) is 17.8 Å². The van der Waals surface area contributed by atoms with Crippen molar-refractivity contribution in [3.8, 4) is 11.5 Å². The molecule has 55 heavy (non-hydrogen) atoms. The third-order valence-electron chi connectivity index (χ3n) is 10.7. The minimum Gasteiger partial charge on any atom is -0.460 e. The van der Waals surface area contributed by atoms with Gasteiger partial charge in [0.15, 0.2) is 0 Å². The Morgan fingerprint density at radius 2 is 1.80 bits per heavy atom. The maximum absolute atomic E-state index is 14.6. The summed E-state index contributed by atoms with van der Waals surface area (Å²) in [5.74, 6) is -2.15. The monoisotopic (exact) mass is 782 g/mol. The Bertz CT molecular complexity index is 1850. The van der Waals surface area contributed by atoms with E-state index in [-0.39, 0.29) is 54.8 Å². The number of carbonyl (C=O) groups is 2. The molecule has 14 nitrogen and oxygen atoms in total. The van der Waals surface area contributed by atoms with E-state index in [1.54, 1.807) is 25.1 Å². The molecule has 4 N–H and O–H groups in total. The van der Waals surface area contributed by atoms with Crippen LogP contribution in [0.25, 0.3) is 0 Å². The van der Waals surface area contributed by atoms with Gasteiger partial charge in [-0.1, -0.05) is 30.1 Å². The number of ether oxygens (including phenoxy) is 3. The third kappa shape index (κ3) is 8.91. The van der Waals surface area contributed by atoms with E-state index < -0.39 is 33.9 Å². The normalized spacial score (nSPS) is 24.9. The highest BCUT2D eigenvalue weighted by atomic mass is 32.2. The number of sulfonamides is 1. The number of nitrogens with zero attached hydrogens (tertiary/aromatic N) is 2. The molecule has 2 aliphatic carbocycles. The lowest BCUT2D eigenvalue weighted by molar-refractivity contribution is -0.250. The molecule has 1 heterocycles. The third-order valence-corrected chi connectivity index (χ3v) is 12.5. The minimum atomic E-state index is -4.22. The predicted molar refractivity (Wildman–Crippen MR) is 207 cm³/mol. The van der Waals surface area contributed by atoms with Gasteiger partial charge in [0.1, 0.15) is 18.6 Å². The zero-order valence-electron chi connectivity index (χ0n) is 32.0. The van der Waals surface area contributed by atoms with Crippen molar-refractivity contribution < 1.29 is 47.3 Å². The summed E-state index contributed by atoms with van der Waals surface area (Å²) in [6.45, 7) is 7.60. The standard InChI is InChI=1S/C40H54N4O10S/c1-6-22-52-40-36(44(4)55(49,50)30-17-14-28(15-18-30)42-26(3)47)25-34(43-51-5)32-23-27(12-8-10-20-45)31(13-9-11-21-46)37(38(32)40)33-24-29(16-19-35(33)54-40)53-39(48)41-7-2/h6,14-19,23-24,27,31,36-38,45-46H,1,7-13,20-22,25H2,2-5H3,(H,41,48)(H,42,47). The number of amides is 2. The van der Waals surface area contributed by atoms with Crippen molar-refractivity contribution in [2.45, 2.75) is 81.4 Å². The van der Waals surface area contributed by atoms with Crippen LogP contribution < -0.4 is 20.1 Å². The Morgan fingerprint density at radius 1 is 1.09 bits per heavy atom. The molecule has 300 valence electrons. The van der Waals surface area contributed by atoms with Crippen LogP contribution >= 0.6 is 0 Å². The highest BCUT2D eigenvalue weighted by Gasteiger charge is 2.65. The maximum atomic E-state index is 14.6.